The molecule has 1 fully saturated rings. The third-order valence-electron chi connectivity index (χ3n) is 3.69. The zero-order valence-electron chi connectivity index (χ0n) is 12.0. The maximum atomic E-state index is 12.5. The van der Waals surface area contributed by atoms with Crippen molar-refractivity contribution in [3.05, 3.63) is 52.9 Å². The highest BCUT2D eigenvalue weighted by atomic mass is 32.2. The monoisotopic (exact) mass is 319 g/mol. The van der Waals surface area contributed by atoms with Crippen molar-refractivity contribution < 1.29 is 8.42 Å². The number of aromatic nitrogens is 1. The molecular weight excluding hydrogens is 302 g/mol. The number of H-pyrrole nitrogens is 1. The van der Waals surface area contributed by atoms with E-state index >= 15 is 0 Å². The SMILES string of the molecule is O=c1cc(S(=O)(=O)c2ccc(N3CCNCC3)cc2)cc[nH]1. The molecule has 1 saturated heterocycles. The van der Waals surface area contributed by atoms with Gasteiger partial charge in [-0.2, -0.15) is 0 Å². The molecule has 6 nitrogen and oxygen atoms in total. The van der Waals surface area contributed by atoms with Gasteiger partial charge in [0.2, 0.25) is 15.4 Å². The fourth-order valence-electron chi connectivity index (χ4n) is 2.49. The molecule has 0 aliphatic carbocycles. The van der Waals surface area contributed by atoms with Crippen molar-refractivity contribution in [3.8, 4) is 0 Å². The molecule has 2 N–H and O–H groups in total. The van der Waals surface area contributed by atoms with E-state index in [1.54, 1.807) is 12.1 Å². The molecule has 0 atom stereocenters. The van der Waals surface area contributed by atoms with Crippen molar-refractivity contribution in [1.29, 1.82) is 0 Å². The predicted octanol–water partition coefficient (Wildman–Crippen LogP) is 0.617. The molecule has 1 aliphatic heterocycles. The zero-order chi connectivity index (χ0) is 15.6. The van der Waals surface area contributed by atoms with E-state index in [1.807, 2.05) is 12.1 Å². The van der Waals surface area contributed by atoms with Gasteiger partial charge in [0.1, 0.15) is 0 Å². The van der Waals surface area contributed by atoms with Crippen LogP contribution in [0.25, 0.3) is 0 Å². The van der Waals surface area contributed by atoms with E-state index < -0.39 is 15.4 Å². The number of hydrogen-bond donors (Lipinski definition) is 2. The minimum Gasteiger partial charge on any atom is -0.369 e. The molecule has 0 amide bonds. The van der Waals surface area contributed by atoms with E-state index in [0.29, 0.717) is 0 Å². The third-order valence-corrected chi connectivity index (χ3v) is 5.45. The average Bonchev–Trinajstić information content (AvgIpc) is 2.56. The van der Waals surface area contributed by atoms with Crippen molar-refractivity contribution in [3.63, 3.8) is 0 Å². The van der Waals surface area contributed by atoms with Crippen LogP contribution in [-0.2, 0) is 9.84 Å². The van der Waals surface area contributed by atoms with Gasteiger partial charge in [-0.3, -0.25) is 4.79 Å². The van der Waals surface area contributed by atoms with E-state index in [2.05, 4.69) is 15.2 Å². The van der Waals surface area contributed by atoms with Gasteiger partial charge in [0.05, 0.1) is 9.79 Å². The highest BCUT2D eigenvalue weighted by molar-refractivity contribution is 7.91. The van der Waals surface area contributed by atoms with E-state index in [-0.39, 0.29) is 9.79 Å². The first kappa shape index (κ1) is 14.8. The molecule has 7 heteroatoms. The van der Waals surface area contributed by atoms with Crippen LogP contribution in [0.3, 0.4) is 0 Å². The summed E-state index contributed by atoms with van der Waals surface area (Å²) in [5, 5.41) is 3.28. The van der Waals surface area contributed by atoms with Gasteiger partial charge in [-0.15, -0.1) is 0 Å². The summed E-state index contributed by atoms with van der Waals surface area (Å²) in [6, 6.07) is 9.29. The standard InChI is InChI=1S/C15H17N3O3S/c19-15-11-14(5-6-17-15)22(20,21)13-3-1-12(2-4-13)18-9-7-16-8-10-18/h1-6,11,16H,7-10H2,(H,17,19). The Morgan fingerprint density at radius 1 is 0.955 bits per heavy atom. The molecule has 1 aliphatic rings. The van der Waals surface area contributed by atoms with Gasteiger partial charge in [-0.25, -0.2) is 8.42 Å². The van der Waals surface area contributed by atoms with Gasteiger partial charge in [0.15, 0.2) is 0 Å². The Kier molecular flexibility index (Phi) is 4.00. The first-order chi connectivity index (χ1) is 10.6. The molecule has 2 aromatic rings. The van der Waals surface area contributed by atoms with Gasteiger partial charge >= 0.3 is 0 Å². The van der Waals surface area contributed by atoms with Crippen molar-refractivity contribution in [2.45, 2.75) is 9.79 Å². The molecule has 22 heavy (non-hydrogen) atoms. The Morgan fingerprint density at radius 3 is 2.27 bits per heavy atom. The minimum absolute atomic E-state index is 0.00572. The first-order valence-corrected chi connectivity index (χ1v) is 8.55. The van der Waals surface area contributed by atoms with Crippen LogP contribution in [0.15, 0.2) is 57.2 Å². The van der Waals surface area contributed by atoms with Crippen molar-refractivity contribution >= 4 is 15.5 Å². The number of anilines is 1. The number of hydrogen-bond acceptors (Lipinski definition) is 5. The smallest absolute Gasteiger partial charge is 0.249 e. The molecule has 2 heterocycles. The number of rotatable bonds is 3. The van der Waals surface area contributed by atoms with Gasteiger partial charge in [-0.05, 0) is 30.3 Å². The van der Waals surface area contributed by atoms with Crippen LogP contribution in [-0.4, -0.2) is 39.6 Å². The summed E-state index contributed by atoms with van der Waals surface area (Å²) in [6.45, 7) is 3.65. The second-order valence-corrected chi connectivity index (χ2v) is 7.07. The maximum Gasteiger partial charge on any atom is 0.249 e. The van der Waals surface area contributed by atoms with Gasteiger partial charge < -0.3 is 15.2 Å². The van der Waals surface area contributed by atoms with Gasteiger partial charge in [-0.1, -0.05) is 0 Å². The number of pyridine rings is 1. The molecule has 1 aromatic heterocycles. The molecule has 3 rings (SSSR count). The van der Waals surface area contributed by atoms with Crippen molar-refractivity contribution in [2.75, 3.05) is 31.1 Å². The first-order valence-electron chi connectivity index (χ1n) is 7.07. The van der Waals surface area contributed by atoms with Crippen LogP contribution in [0.2, 0.25) is 0 Å². The number of piperazine rings is 1. The predicted molar refractivity (Wildman–Crippen MR) is 84.0 cm³/mol. The Labute approximate surface area is 128 Å². The van der Waals surface area contributed by atoms with Crippen LogP contribution >= 0.6 is 0 Å². The van der Waals surface area contributed by atoms with E-state index in [0.717, 1.165) is 37.9 Å². The lowest BCUT2D eigenvalue weighted by molar-refractivity contribution is 0.588. The van der Waals surface area contributed by atoms with Crippen molar-refractivity contribution in [1.82, 2.24) is 10.3 Å². The summed E-state index contributed by atoms with van der Waals surface area (Å²) in [7, 11) is -3.66. The molecule has 1 aromatic carbocycles. The lowest BCUT2D eigenvalue weighted by atomic mass is 10.2. The summed E-state index contributed by atoms with van der Waals surface area (Å²) in [6.07, 6.45) is 1.34. The fourth-order valence-corrected chi connectivity index (χ4v) is 3.76. The molecule has 0 spiro atoms. The Balaban J connectivity index is 1.90. The summed E-state index contributed by atoms with van der Waals surface area (Å²) < 4.78 is 25.0. The second-order valence-electron chi connectivity index (χ2n) is 5.12. The summed E-state index contributed by atoms with van der Waals surface area (Å²) in [4.78, 5) is 16.1. The molecule has 116 valence electrons. The van der Waals surface area contributed by atoms with Gasteiger partial charge in [0, 0.05) is 44.1 Å². The van der Waals surface area contributed by atoms with Crippen LogP contribution in [0.1, 0.15) is 0 Å². The summed E-state index contributed by atoms with van der Waals surface area (Å²) in [5.74, 6) is 0. The normalized spacial score (nSPS) is 15.7. The van der Waals surface area contributed by atoms with Crippen LogP contribution in [0, 0.1) is 0 Å². The lowest BCUT2D eigenvalue weighted by Crippen LogP contribution is -2.43. The maximum absolute atomic E-state index is 12.5. The highest BCUT2D eigenvalue weighted by Crippen LogP contribution is 2.23. The number of sulfone groups is 1. The summed E-state index contributed by atoms with van der Waals surface area (Å²) in [5.41, 5.74) is 0.574. The molecule has 0 saturated carbocycles. The topological polar surface area (TPSA) is 82.3 Å². The minimum atomic E-state index is -3.66. The van der Waals surface area contributed by atoms with Gasteiger partial charge in [0.25, 0.3) is 0 Å². The van der Waals surface area contributed by atoms with Crippen LogP contribution < -0.4 is 15.8 Å². The quantitative estimate of drug-likeness (QED) is 0.866. The van der Waals surface area contributed by atoms with Crippen molar-refractivity contribution in [2.24, 2.45) is 0 Å². The van der Waals surface area contributed by atoms with E-state index in [9.17, 15) is 13.2 Å². The molecule has 0 unspecified atom stereocenters. The molecule has 0 bridgehead atoms. The number of benzene rings is 1. The fraction of sp³-hybridized carbons (Fsp3) is 0.267. The number of aromatic amines is 1. The average molecular weight is 319 g/mol. The Bertz CT molecular complexity index is 806. The highest BCUT2D eigenvalue weighted by Gasteiger charge is 2.18. The number of nitrogens with one attached hydrogen (secondary N) is 2. The second kappa shape index (κ2) is 5.94. The Hall–Kier alpha value is -2.12. The lowest BCUT2D eigenvalue weighted by Gasteiger charge is -2.29. The summed E-state index contributed by atoms with van der Waals surface area (Å²) >= 11 is 0. The van der Waals surface area contributed by atoms with E-state index in [1.165, 1.54) is 12.3 Å². The molecular formula is C15H17N3O3S. The number of nitrogens with zero attached hydrogens (tertiary/aromatic N) is 1. The third kappa shape index (κ3) is 2.90. The Morgan fingerprint density at radius 2 is 1.64 bits per heavy atom. The van der Waals surface area contributed by atoms with Crippen LogP contribution in [0.4, 0.5) is 5.69 Å². The zero-order valence-corrected chi connectivity index (χ0v) is 12.8. The largest absolute Gasteiger partial charge is 0.369 e. The van der Waals surface area contributed by atoms with E-state index in [4.69, 9.17) is 0 Å². The molecule has 0 radical (unpaired) electrons. The van der Waals surface area contributed by atoms with Crippen LogP contribution in [0.5, 0.6) is 0 Å².